The highest BCUT2D eigenvalue weighted by Crippen LogP contribution is 2.25. The summed E-state index contributed by atoms with van der Waals surface area (Å²) in [5, 5.41) is 12.5. The van der Waals surface area contributed by atoms with Gasteiger partial charge in [0, 0.05) is 35.6 Å². The number of nitro groups is 1. The molecule has 0 spiro atoms. The average Bonchev–Trinajstić information content (AvgIpc) is 2.92. The van der Waals surface area contributed by atoms with Gasteiger partial charge in [0.15, 0.2) is 5.78 Å². The number of carbonyl (C=O) groups excluding carboxylic acids is 5. The number of non-ortho nitro benzene ring substituents is 1. The van der Waals surface area contributed by atoms with E-state index in [-0.39, 0.29) is 51.0 Å². The maximum atomic E-state index is 13.4. The molecule has 0 aromatic heterocycles. The molecule has 3 aromatic carbocycles. The van der Waals surface area contributed by atoms with E-state index >= 15 is 0 Å². The van der Waals surface area contributed by atoms with Crippen LogP contribution in [0.5, 0.6) is 5.75 Å². The van der Waals surface area contributed by atoms with Gasteiger partial charge in [-0.3, -0.25) is 29.3 Å². The fourth-order valence-electron chi connectivity index (χ4n) is 3.87. The molecular weight excluding hydrogens is 565 g/mol. The molecule has 40 heavy (non-hydrogen) atoms. The van der Waals surface area contributed by atoms with Crippen molar-refractivity contribution in [2.75, 3.05) is 6.54 Å². The molecule has 3 aromatic rings. The molecule has 204 valence electrons. The third-order valence-electron chi connectivity index (χ3n) is 5.89. The Kier molecular flexibility index (Phi) is 8.56. The summed E-state index contributed by atoms with van der Waals surface area (Å²) >= 11 is 12.1. The van der Waals surface area contributed by atoms with Crippen molar-refractivity contribution in [3.63, 3.8) is 0 Å². The third kappa shape index (κ3) is 6.33. The van der Waals surface area contributed by atoms with Gasteiger partial charge in [0.1, 0.15) is 12.3 Å². The van der Waals surface area contributed by atoms with Crippen molar-refractivity contribution >= 4 is 58.4 Å². The number of nitrogens with zero attached hydrogens (tertiary/aromatic N) is 3. The van der Waals surface area contributed by atoms with Crippen molar-refractivity contribution in [2.24, 2.45) is 0 Å². The van der Waals surface area contributed by atoms with Gasteiger partial charge in [-0.2, -0.15) is 5.01 Å². The molecule has 11 nitrogen and oxygen atoms in total. The Morgan fingerprint density at radius 1 is 0.900 bits per heavy atom. The van der Waals surface area contributed by atoms with E-state index in [1.165, 1.54) is 66.7 Å². The van der Waals surface area contributed by atoms with E-state index in [1.54, 1.807) is 0 Å². The lowest BCUT2D eigenvalue weighted by atomic mass is 10.1. The Hall–Kier alpha value is -4.61. The van der Waals surface area contributed by atoms with Crippen molar-refractivity contribution < 1.29 is 33.6 Å². The minimum atomic E-state index is -0.840. The molecule has 0 radical (unpaired) electrons. The fraction of sp³-hybridized carbons (Fsp3) is 0.148. The number of Topliss-reactive ketones (excluding diaryl/α,β-unsaturated/α-hetero) is 1. The SMILES string of the molecule is O=C(CN(C(=O)c1ccc(Cl)cc1Cl)N1C(=O)CCCC1=O)c1ccc(OC(=O)c2ccc([N+](=O)[O-])cc2)cc1. The Morgan fingerprint density at radius 3 is 2.08 bits per heavy atom. The number of halogens is 2. The van der Waals surface area contributed by atoms with Crippen LogP contribution in [0.1, 0.15) is 50.3 Å². The van der Waals surface area contributed by atoms with E-state index in [9.17, 15) is 34.1 Å². The summed E-state index contributed by atoms with van der Waals surface area (Å²) in [7, 11) is 0. The molecule has 0 aliphatic carbocycles. The first-order valence-electron chi connectivity index (χ1n) is 11.8. The maximum absolute atomic E-state index is 13.4. The van der Waals surface area contributed by atoms with Crippen molar-refractivity contribution in [1.29, 1.82) is 0 Å². The van der Waals surface area contributed by atoms with Gasteiger partial charge in [0.2, 0.25) is 11.8 Å². The van der Waals surface area contributed by atoms with Crippen molar-refractivity contribution in [3.8, 4) is 5.75 Å². The van der Waals surface area contributed by atoms with E-state index in [0.29, 0.717) is 11.4 Å². The molecule has 0 bridgehead atoms. The predicted octanol–water partition coefficient (Wildman–Crippen LogP) is 4.90. The highest BCUT2D eigenvalue weighted by molar-refractivity contribution is 6.36. The number of piperidine rings is 1. The van der Waals surface area contributed by atoms with Gasteiger partial charge in [0.25, 0.3) is 11.6 Å². The highest BCUT2D eigenvalue weighted by atomic mass is 35.5. The molecule has 13 heteroatoms. The number of hydrogen-bond donors (Lipinski definition) is 0. The molecule has 3 amide bonds. The van der Waals surface area contributed by atoms with Gasteiger partial charge in [0.05, 0.1) is 21.1 Å². The second kappa shape index (κ2) is 12.1. The lowest BCUT2D eigenvalue weighted by Gasteiger charge is -2.35. The fourth-order valence-corrected chi connectivity index (χ4v) is 4.36. The van der Waals surface area contributed by atoms with Gasteiger partial charge < -0.3 is 4.74 Å². The number of imide groups is 1. The first kappa shape index (κ1) is 28.4. The molecule has 0 N–H and O–H groups in total. The molecule has 1 saturated heterocycles. The summed E-state index contributed by atoms with van der Waals surface area (Å²) in [6.45, 7) is -0.656. The number of benzene rings is 3. The third-order valence-corrected chi connectivity index (χ3v) is 6.43. The molecule has 1 heterocycles. The molecule has 0 atom stereocenters. The van der Waals surface area contributed by atoms with E-state index in [2.05, 4.69) is 0 Å². The zero-order valence-corrected chi connectivity index (χ0v) is 22.1. The number of esters is 1. The van der Waals surface area contributed by atoms with Crippen LogP contribution in [-0.4, -0.2) is 51.0 Å². The van der Waals surface area contributed by atoms with Crippen LogP contribution in [-0.2, 0) is 9.59 Å². The maximum Gasteiger partial charge on any atom is 0.343 e. The quantitative estimate of drug-likeness (QED) is 0.0908. The molecule has 1 aliphatic rings. The second-order valence-corrected chi connectivity index (χ2v) is 9.42. The number of nitro benzene ring substituents is 1. The average molecular weight is 584 g/mol. The van der Waals surface area contributed by atoms with Crippen LogP contribution in [0, 0.1) is 10.1 Å². The summed E-state index contributed by atoms with van der Waals surface area (Å²) in [5.74, 6) is -3.40. The molecule has 1 aliphatic heterocycles. The van der Waals surface area contributed by atoms with E-state index in [0.717, 1.165) is 5.01 Å². The van der Waals surface area contributed by atoms with Gasteiger partial charge in [-0.25, -0.2) is 9.80 Å². The van der Waals surface area contributed by atoms with Crippen LogP contribution in [0.15, 0.2) is 66.7 Å². The van der Waals surface area contributed by atoms with Crippen LogP contribution in [0.2, 0.25) is 10.0 Å². The van der Waals surface area contributed by atoms with Crippen LogP contribution in [0.3, 0.4) is 0 Å². The number of rotatable bonds is 8. The molecular formula is C27H19Cl2N3O8. The lowest BCUT2D eigenvalue weighted by Crippen LogP contribution is -2.56. The Morgan fingerprint density at radius 2 is 1.50 bits per heavy atom. The monoisotopic (exact) mass is 583 g/mol. The number of hydrazine groups is 1. The summed E-state index contributed by atoms with van der Waals surface area (Å²) in [4.78, 5) is 74.4. The second-order valence-electron chi connectivity index (χ2n) is 8.58. The molecule has 0 unspecified atom stereocenters. The lowest BCUT2D eigenvalue weighted by molar-refractivity contribution is -0.384. The minimum absolute atomic E-state index is 0.0207. The van der Waals surface area contributed by atoms with Crippen LogP contribution in [0.4, 0.5) is 5.69 Å². The number of hydrogen-bond acceptors (Lipinski definition) is 8. The van der Waals surface area contributed by atoms with Crippen molar-refractivity contribution in [3.05, 3.63) is 104 Å². The standard InChI is InChI=1S/C27H19Cl2N3O8/c28-18-8-13-21(22(29)14-18)26(36)30(31-24(34)2-1-3-25(31)35)15-23(33)16-6-11-20(12-7-16)40-27(37)17-4-9-19(10-5-17)32(38)39/h4-14H,1-3,15H2. The first-order chi connectivity index (χ1) is 19.0. The van der Waals surface area contributed by atoms with E-state index in [1.807, 2.05) is 0 Å². The smallest absolute Gasteiger partial charge is 0.343 e. The summed E-state index contributed by atoms with van der Waals surface area (Å²) in [6, 6.07) is 14.3. The van der Waals surface area contributed by atoms with E-state index in [4.69, 9.17) is 27.9 Å². The topological polar surface area (TPSA) is 144 Å². The largest absolute Gasteiger partial charge is 0.423 e. The minimum Gasteiger partial charge on any atom is -0.423 e. The molecule has 0 saturated carbocycles. The van der Waals surface area contributed by atoms with Crippen LogP contribution < -0.4 is 4.74 Å². The Balaban J connectivity index is 1.52. The van der Waals surface area contributed by atoms with Gasteiger partial charge in [-0.15, -0.1) is 0 Å². The zero-order chi connectivity index (χ0) is 29.0. The van der Waals surface area contributed by atoms with Gasteiger partial charge in [-0.05, 0) is 61.0 Å². The van der Waals surface area contributed by atoms with Gasteiger partial charge >= 0.3 is 5.97 Å². The van der Waals surface area contributed by atoms with Crippen LogP contribution >= 0.6 is 23.2 Å². The summed E-state index contributed by atoms with van der Waals surface area (Å²) in [5.41, 5.74) is -0.0551. The predicted molar refractivity (Wildman–Crippen MR) is 142 cm³/mol. The number of ketones is 1. The molecule has 1 fully saturated rings. The Bertz CT molecular complexity index is 1510. The normalized spacial score (nSPS) is 13.1. The summed E-state index contributed by atoms with van der Waals surface area (Å²) in [6.07, 6.45) is 0.367. The Labute approximate surface area is 236 Å². The zero-order valence-electron chi connectivity index (χ0n) is 20.5. The van der Waals surface area contributed by atoms with Gasteiger partial charge in [-0.1, -0.05) is 23.2 Å². The first-order valence-corrected chi connectivity index (χ1v) is 12.5. The number of amides is 3. The molecule has 4 rings (SSSR count). The summed E-state index contributed by atoms with van der Waals surface area (Å²) < 4.78 is 5.25. The van der Waals surface area contributed by atoms with Crippen molar-refractivity contribution in [2.45, 2.75) is 19.3 Å². The van der Waals surface area contributed by atoms with Crippen molar-refractivity contribution in [1.82, 2.24) is 10.0 Å². The number of ether oxygens (including phenoxy) is 1. The highest BCUT2D eigenvalue weighted by Gasteiger charge is 2.36. The number of carbonyl (C=O) groups is 5. The van der Waals surface area contributed by atoms with Crippen LogP contribution in [0.25, 0.3) is 0 Å². The van der Waals surface area contributed by atoms with E-state index < -0.39 is 40.9 Å².